The summed E-state index contributed by atoms with van der Waals surface area (Å²) >= 11 is 0. The van der Waals surface area contributed by atoms with E-state index in [4.69, 9.17) is 5.11 Å². The van der Waals surface area contributed by atoms with Crippen LogP contribution in [-0.4, -0.2) is 29.1 Å². The fourth-order valence-corrected chi connectivity index (χ4v) is 2.62. The van der Waals surface area contributed by atoms with Gasteiger partial charge in [-0.25, -0.2) is 9.18 Å². The Hall–Kier alpha value is -1.42. The molecule has 1 saturated heterocycles. The third kappa shape index (κ3) is 3.32. The van der Waals surface area contributed by atoms with Gasteiger partial charge in [-0.05, 0) is 42.5 Å². The van der Waals surface area contributed by atoms with Gasteiger partial charge in [-0.3, -0.25) is 4.90 Å². The lowest BCUT2D eigenvalue weighted by Gasteiger charge is -2.35. The fourth-order valence-electron chi connectivity index (χ4n) is 2.62. The molecular weight excluding hydrogens is 245 g/mol. The number of hydrogen-bond donors (Lipinski definition) is 1. The number of aromatic carboxylic acids is 1. The first-order chi connectivity index (χ1) is 8.97. The average molecular weight is 265 g/mol. The van der Waals surface area contributed by atoms with Crippen molar-refractivity contribution in [2.45, 2.75) is 26.8 Å². The van der Waals surface area contributed by atoms with Gasteiger partial charge < -0.3 is 5.11 Å². The second-order valence-corrected chi connectivity index (χ2v) is 5.58. The van der Waals surface area contributed by atoms with E-state index in [0.29, 0.717) is 23.9 Å². The zero-order valence-corrected chi connectivity index (χ0v) is 11.4. The molecule has 0 saturated carbocycles. The molecule has 0 aliphatic carbocycles. The predicted octanol–water partition coefficient (Wildman–Crippen LogP) is 3.00. The van der Waals surface area contributed by atoms with Crippen LogP contribution in [0.1, 0.15) is 36.2 Å². The maximum atomic E-state index is 13.1. The normalized spacial score (nSPS) is 24.4. The molecule has 1 aliphatic rings. The van der Waals surface area contributed by atoms with E-state index in [1.165, 1.54) is 6.07 Å². The van der Waals surface area contributed by atoms with Crippen LogP contribution in [-0.2, 0) is 6.54 Å². The van der Waals surface area contributed by atoms with E-state index in [0.717, 1.165) is 25.6 Å². The van der Waals surface area contributed by atoms with E-state index < -0.39 is 11.8 Å². The SMILES string of the molecule is CC1CCN(Cc2ccc(F)cc2C(=O)O)CC1C. The highest BCUT2D eigenvalue weighted by atomic mass is 19.1. The molecule has 1 fully saturated rings. The van der Waals surface area contributed by atoms with Gasteiger partial charge in [0.25, 0.3) is 0 Å². The quantitative estimate of drug-likeness (QED) is 0.913. The molecule has 0 radical (unpaired) electrons. The van der Waals surface area contributed by atoms with Gasteiger partial charge in [0.05, 0.1) is 5.56 Å². The zero-order valence-electron chi connectivity index (χ0n) is 11.4. The molecule has 2 unspecified atom stereocenters. The van der Waals surface area contributed by atoms with Crippen LogP contribution in [0.3, 0.4) is 0 Å². The molecular formula is C15H20FNO2. The standard InChI is InChI=1S/C15H20FNO2/c1-10-5-6-17(8-11(10)2)9-12-3-4-13(16)7-14(12)15(18)19/h3-4,7,10-11H,5-6,8-9H2,1-2H3,(H,18,19). The van der Waals surface area contributed by atoms with Crippen LogP contribution >= 0.6 is 0 Å². The number of piperidine rings is 1. The minimum Gasteiger partial charge on any atom is -0.478 e. The Labute approximate surface area is 113 Å². The number of benzene rings is 1. The highest BCUT2D eigenvalue weighted by molar-refractivity contribution is 5.89. The summed E-state index contributed by atoms with van der Waals surface area (Å²) in [5, 5.41) is 9.13. The smallest absolute Gasteiger partial charge is 0.336 e. The fraction of sp³-hybridized carbons (Fsp3) is 0.533. The molecule has 2 atom stereocenters. The molecule has 0 amide bonds. The second kappa shape index (κ2) is 5.70. The van der Waals surface area contributed by atoms with E-state index in [2.05, 4.69) is 18.7 Å². The molecule has 1 heterocycles. The lowest BCUT2D eigenvalue weighted by atomic mass is 9.88. The summed E-state index contributed by atoms with van der Waals surface area (Å²) in [5.41, 5.74) is 0.766. The van der Waals surface area contributed by atoms with Crippen LogP contribution < -0.4 is 0 Å². The van der Waals surface area contributed by atoms with Gasteiger partial charge in [0.15, 0.2) is 0 Å². The number of carboxylic acids is 1. The van der Waals surface area contributed by atoms with Crippen LogP contribution in [0.2, 0.25) is 0 Å². The van der Waals surface area contributed by atoms with Gasteiger partial charge >= 0.3 is 5.97 Å². The summed E-state index contributed by atoms with van der Waals surface area (Å²) in [7, 11) is 0. The molecule has 104 valence electrons. The highest BCUT2D eigenvalue weighted by Gasteiger charge is 2.23. The number of likely N-dealkylation sites (tertiary alicyclic amines) is 1. The van der Waals surface area contributed by atoms with E-state index in [9.17, 15) is 9.18 Å². The van der Waals surface area contributed by atoms with Crippen molar-refractivity contribution in [1.29, 1.82) is 0 Å². The van der Waals surface area contributed by atoms with Crippen LogP contribution in [0.15, 0.2) is 18.2 Å². The Morgan fingerprint density at radius 2 is 2.16 bits per heavy atom. The Morgan fingerprint density at radius 1 is 1.42 bits per heavy atom. The zero-order chi connectivity index (χ0) is 14.0. The lowest BCUT2D eigenvalue weighted by Crippen LogP contribution is -2.38. The number of carboxylic acid groups (broad SMARTS) is 1. The lowest BCUT2D eigenvalue weighted by molar-refractivity contribution is 0.0692. The van der Waals surface area contributed by atoms with E-state index in [1.54, 1.807) is 6.07 Å². The van der Waals surface area contributed by atoms with Gasteiger partial charge in [0.1, 0.15) is 5.82 Å². The average Bonchev–Trinajstić information content (AvgIpc) is 2.36. The maximum absolute atomic E-state index is 13.1. The van der Waals surface area contributed by atoms with E-state index in [-0.39, 0.29) is 5.56 Å². The Kier molecular flexibility index (Phi) is 4.20. The summed E-state index contributed by atoms with van der Waals surface area (Å²) < 4.78 is 13.1. The third-order valence-corrected chi connectivity index (χ3v) is 4.11. The van der Waals surface area contributed by atoms with Crippen LogP contribution in [0.4, 0.5) is 4.39 Å². The van der Waals surface area contributed by atoms with Crippen LogP contribution in [0, 0.1) is 17.7 Å². The molecule has 4 heteroatoms. The molecule has 0 bridgehead atoms. The maximum Gasteiger partial charge on any atom is 0.336 e. The number of nitrogens with zero attached hydrogens (tertiary/aromatic N) is 1. The summed E-state index contributed by atoms with van der Waals surface area (Å²) in [6, 6.07) is 4.02. The topological polar surface area (TPSA) is 40.5 Å². The van der Waals surface area contributed by atoms with Crippen molar-refractivity contribution in [3.63, 3.8) is 0 Å². The summed E-state index contributed by atoms with van der Waals surface area (Å²) in [6.45, 7) is 7.00. The predicted molar refractivity (Wildman–Crippen MR) is 71.6 cm³/mol. The largest absolute Gasteiger partial charge is 0.478 e. The van der Waals surface area contributed by atoms with E-state index in [1.807, 2.05) is 0 Å². The molecule has 2 rings (SSSR count). The van der Waals surface area contributed by atoms with Crippen molar-refractivity contribution in [3.8, 4) is 0 Å². The van der Waals surface area contributed by atoms with Crippen molar-refractivity contribution >= 4 is 5.97 Å². The summed E-state index contributed by atoms with van der Waals surface area (Å²) in [4.78, 5) is 13.4. The van der Waals surface area contributed by atoms with Gasteiger partial charge in [-0.1, -0.05) is 19.9 Å². The van der Waals surface area contributed by atoms with Gasteiger partial charge in [-0.15, -0.1) is 0 Å². The molecule has 19 heavy (non-hydrogen) atoms. The summed E-state index contributed by atoms with van der Waals surface area (Å²) in [5.74, 6) is -0.236. The Morgan fingerprint density at radius 3 is 2.79 bits per heavy atom. The molecule has 1 aliphatic heterocycles. The molecule has 1 aromatic carbocycles. The van der Waals surface area contributed by atoms with Crippen LogP contribution in [0.5, 0.6) is 0 Å². The molecule has 0 aromatic heterocycles. The van der Waals surface area contributed by atoms with Gasteiger partial charge in [0.2, 0.25) is 0 Å². The number of rotatable bonds is 3. The highest BCUT2D eigenvalue weighted by Crippen LogP contribution is 2.24. The van der Waals surface area contributed by atoms with Crippen molar-refractivity contribution in [2.75, 3.05) is 13.1 Å². The summed E-state index contributed by atoms with van der Waals surface area (Å²) in [6.07, 6.45) is 1.13. The first-order valence-corrected chi connectivity index (χ1v) is 6.71. The first kappa shape index (κ1) is 14.0. The van der Waals surface area contributed by atoms with Crippen molar-refractivity contribution < 1.29 is 14.3 Å². The number of halogens is 1. The third-order valence-electron chi connectivity index (χ3n) is 4.11. The Bertz CT molecular complexity index is 475. The van der Waals surface area contributed by atoms with Crippen molar-refractivity contribution in [3.05, 3.63) is 35.1 Å². The monoisotopic (exact) mass is 265 g/mol. The van der Waals surface area contributed by atoms with E-state index >= 15 is 0 Å². The van der Waals surface area contributed by atoms with Crippen molar-refractivity contribution in [2.24, 2.45) is 11.8 Å². The van der Waals surface area contributed by atoms with Crippen molar-refractivity contribution in [1.82, 2.24) is 4.90 Å². The van der Waals surface area contributed by atoms with Gasteiger partial charge in [0, 0.05) is 13.1 Å². The minimum absolute atomic E-state index is 0.0753. The minimum atomic E-state index is -1.06. The number of carbonyl (C=O) groups is 1. The Balaban J connectivity index is 2.13. The molecule has 3 nitrogen and oxygen atoms in total. The molecule has 1 N–H and O–H groups in total. The van der Waals surface area contributed by atoms with Gasteiger partial charge in [-0.2, -0.15) is 0 Å². The second-order valence-electron chi connectivity index (χ2n) is 5.58. The number of hydrogen-bond acceptors (Lipinski definition) is 2. The molecule has 0 spiro atoms. The first-order valence-electron chi connectivity index (χ1n) is 6.71. The molecule has 1 aromatic rings. The van der Waals surface area contributed by atoms with Crippen LogP contribution in [0.25, 0.3) is 0 Å².